The van der Waals surface area contributed by atoms with E-state index < -0.39 is 5.97 Å². The maximum absolute atomic E-state index is 10.5. The van der Waals surface area contributed by atoms with E-state index in [2.05, 4.69) is 53.7 Å². The predicted molar refractivity (Wildman–Crippen MR) is 98.0 cm³/mol. The van der Waals surface area contributed by atoms with Crippen molar-refractivity contribution in [2.24, 2.45) is 0 Å². The molecular weight excluding hydrogens is 316 g/mol. The Bertz CT molecular complexity index is 721. The number of nitrogens with one attached hydrogen (secondary N) is 1. The highest BCUT2D eigenvalue weighted by Gasteiger charge is 2.27. The molecule has 1 aromatic carbocycles. The molecule has 0 saturated heterocycles. The maximum Gasteiger partial charge on any atom is 0.304 e. The standard InChI is InChI=1S/C20H24N2O3/c1-22-14-15-6-2-3-7-16(15)20(17-8-4-5-9-18(17)22)25-13-12-21-11-10-19(23)24/h2-9,18,21H,10-14H2,1H3,(H,23,24). The Labute approximate surface area is 148 Å². The van der Waals surface area contributed by atoms with Crippen LogP contribution in [0.3, 0.4) is 0 Å². The van der Waals surface area contributed by atoms with E-state index in [1.807, 2.05) is 12.1 Å². The molecule has 132 valence electrons. The van der Waals surface area contributed by atoms with Gasteiger partial charge in [-0.05, 0) is 12.6 Å². The summed E-state index contributed by atoms with van der Waals surface area (Å²) in [4.78, 5) is 12.9. The Kier molecular flexibility index (Phi) is 5.68. The van der Waals surface area contributed by atoms with Crippen molar-refractivity contribution in [2.75, 3.05) is 26.7 Å². The topological polar surface area (TPSA) is 61.8 Å². The molecular formula is C20H24N2O3. The summed E-state index contributed by atoms with van der Waals surface area (Å²) in [6.07, 6.45) is 8.55. The number of carbonyl (C=O) groups is 1. The van der Waals surface area contributed by atoms with E-state index in [9.17, 15) is 4.79 Å². The summed E-state index contributed by atoms with van der Waals surface area (Å²) in [5, 5.41) is 11.8. The number of nitrogens with zero attached hydrogens (tertiary/aromatic N) is 1. The number of hydrogen-bond donors (Lipinski definition) is 2. The lowest BCUT2D eigenvalue weighted by Gasteiger charge is -2.26. The number of rotatable bonds is 7. The highest BCUT2D eigenvalue weighted by Crippen LogP contribution is 2.34. The number of allylic oxidation sites excluding steroid dienone is 2. The molecule has 0 bridgehead atoms. The zero-order chi connectivity index (χ0) is 17.6. The van der Waals surface area contributed by atoms with Gasteiger partial charge in [0.2, 0.25) is 0 Å². The minimum atomic E-state index is -0.791. The number of carboxylic acid groups (broad SMARTS) is 1. The zero-order valence-electron chi connectivity index (χ0n) is 14.4. The summed E-state index contributed by atoms with van der Waals surface area (Å²) >= 11 is 0. The molecule has 1 atom stereocenters. The summed E-state index contributed by atoms with van der Waals surface area (Å²) in [7, 11) is 2.13. The lowest BCUT2D eigenvalue weighted by atomic mass is 9.97. The van der Waals surface area contributed by atoms with Gasteiger partial charge in [0.05, 0.1) is 12.5 Å². The van der Waals surface area contributed by atoms with Crippen molar-refractivity contribution in [1.82, 2.24) is 10.2 Å². The van der Waals surface area contributed by atoms with Gasteiger partial charge in [-0.25, -0.2) is 0 Å². The Morgan fingerprint density at radius 1 is 1.32 bits per heavy atom. The van der Waals surface area contributed by atoms with Crippen LogP contribution >= 0.6 is 0 Å². The average molecular weight is 340 g/mol. The lowest BCUT2D eigenvalue weighted by molar-refractivity contribution is -0.136. The van der Waals surface area contributed by atoms with Gasteiger partial charge in [-0.2, -0.15) is 0 Å². The summed E-state index contributed by atoms with van der Waals surface area (Å²) in [5.74, 6) is 0.131. The number of hydrogen-bond acceptors (Lipinski definition) is 4. The fourth-order valence-corrected chi connectivity index (χ4v) is 3.23. The van der Waals surface area contributed by atoms with Gasteiger partial charge in [0.15, 0.2) is 0 Å². The number of ether oxygens (including phenoxy) is 1. The van der Waals surface area contributed by atoms with Gasteiger partial charge in [-0.15, -0.1) is 0 Å². The van der Waals surface area contributed by atoms with Crippen LogP contribution in [0.2, 0.25) is 0 Å². The van der Waals surface area contributed by atoms with Crippen LogP contribution in [-0.4, -0.2) is 48.8 Å². The number of fused-ring (bicyclic) bond motifs is 2. The second-order valence-electron chi connectivity index (χ2n) is 6.29. The first-order valence-corrected chi connectivity index (χ1v) is 8.59. The van der Waals surface area contributed by atoms with Crippen molar-refractivity contribution < 1.29 is 14.6 Å². The van der Waals surface area contributed by atoms with Crippen molar-refractivity contribution in [3.05, 3.63) is 65.3 Å². The maximum atomic E-state index is 10.5. The predicted octanol–water partition coefficient (Wildman–Crippen LogP) is 2.42. The molecule has 1 aliphatic carbocycles. The normalized spacial score (nSPS) is 19.3. The van der Waals surface area contributed by atoms with Gasteiger partial charge in [0.1, 0.15) is 12.4 Å². The van der Waals surface area contributed by atoms with Crippen LogP contribution in [0, 0.1) is 0 Å². The van der Waals surface area contributed by atoms with Gasteiger partial charge in [0, 0.05) is 30.8 Å². The molecule has 2 N–H and O–H groups in total. The minimum Gasteiger partial charge on any atom is -0.491 e. The van der Waals surface area contributed by atoms with Crippen molar-refractivity contribution >= 4 is 11.7 Å². The van der Waals surface area contributed by atoms with E-state index in [4.69, 9.17) is 9.84 Å². The number of likely N-dealkylation sites (N-methyl/N-ethyl adjacent to an activating group) is 1. The molecule has 1 aliphatic heterocycles. The summed E-state index contributed by atoms with van der Waals surface area (Å²) in [6, 6.07) is 8.55. The molecule has 25 heavy (non-hydrogen) atoms. The SMILES string of the molecule is CN1Cc2ccccc2C(OCCNCCC(=O)O)=C2C=CC=CC21. The van der Waals surface area contributed by atoms with Crippen LogP contribution in [0.5, 0.6) is 0 Å². The Balaban J connectivity index is 1.77. The van der Waals surface area contributed by atoms with Gasteiger partial charge < -0.3 is 15.2 Å². The third-order valence-electron chi connectivity index (χ3n) is 4.46. The molecule has 0 amide bonds. The molecule has 0 saturated carbocycles. The summed E-state index contributed by atoms with van der Waals surface area (Å²) in [6.45, 7) is 2.44. The smallest absolute Gasteiger partial charge is 0.304 e. The first kappa shape index (κ1) is 17.5. The monoisotopic (exact) mass is 340 g/mol. The van der Waals surface area contributed by atoms with Gasteiger partial charge in [-0.3, -0.25) is 9.69 Å². The molecule has 1 unspecified atom stereocenters. The molecule has 1 heterocycles. The molecule has 0 radical (unpaired) electrons. The van der Waals surface area contributed by atoms with Gasteiger partial charge >= 0.3 is 5.97 Å². The molecule has 3 rings (SSSR count). The third kappa shape index (κ3) is 4.18. The molecule has 5 heteroatoms. The number of carboxylic acids is 1. The van der Waals surface area contributed by atoms with E-state index in [0.29, 0.717) is 19.7 Å². The van der Waals surface area contributed by atoms with Crippen molar-refractivity contribution in [3.63, 3.8) is 0 Å². The molecule has 2 aliphatic rings. The summed E-state index contributed by atoms with van der Waals surface area (Å²) in [5.41, 5.74) is 3.56. The van der Waals surface area contributed by atoms with E-state index in [1.165, 1.54) is 11.1 Å². The van der Waals surface area contributed by atoms with Crippen LogP contribution in [0.4, 0.5) is 0 Å². The lowest BCUT2D eigenvalue weighted by Crippen LogP contribution is -2.31. The Morgan fingerprint density at radius 3 is 3.00 bits per heavy atom. The molecule has 1 aromatic rings. The quantitative estimate of drug-likeness (QED) is 0.747. The molecule has 0 aromatic heterocycles. The largest absolute Gasteiger partial charge is 0.491 e. The summed E-state index contributed by atoms with van der Waals surface area (Å²) < 4.78 is 6.17. The van der Waals surface area contributed by atoms with Crippen LogP contribution in [0.15, 0.2) is 54.1 Å². The molecule has 0 fully saturated rings. The first-order valence-electron chi connectivity index (χ1n) is 8.59. The highest BCUT2D eigenvalue weighted by molar-refractivity contribution is 5.71. The van der Waals surface area contributed by atoms with E-state index in [1.54, 1.807) is 0 Å². The second-order valence-corrected chi connectivity index (χ2v) is 6.29. The van der Waals surface area contributed by atoms with E-state index in [0.717, 1.165) is 17.9 Å². The number of benzene rings is 1. The Hall–Kier alpha value is -2.37. The molecule has 0 spiro atoms. The van der Waals surface area contributed by atoms with Crippen LogP contribution in [-0.2, 0) is 16.1 Å². The third-order valence-corrected chi connectivity index (χ3v) is 4.46. The van der Waals surface area contributed by atoms with Crippen LogP contribution in [0.1, 0.15) is 17.5 Å². The highest BCUT2D eigenvalue weighted by atomic mass is 16.5. The second kappa shape index (κ2) is 8.14. The van der Waals surface area contributed by atoms with Crippen molar-refractivity contribution in [3.8, 4) is 0 Å². The fourth-order valence-electron chi connectivity index (χ4n) is 3.23. The Morgan fingerprint density at radius 2 is 2.16 bits per heavy atom. The van der Waals surface area contributed by atoms with Crippen molar-refractivity contribution in [1.29, 1.82) is 0 Å². The van der Waals surface area contributed by atoms with Crippen molar-refractivity contribution in [2.45, 2.75) is 19.0 Å². The van der Waals surface area contributed by atoms with Gasteiger partial charge in [0.25, 0.3) is 0 Å². The van der Waals surface area contributed by atoms with Gasteiger partial charge in [-0.1, -0.05) is 48.6 Å². The van der Waals surface area contributed by atoms with E-state index in [-0.39, 0.29) is 12.5 Å². The average Bonchev–Trinajstić information content (AvgIpc) is 2.73. The zero-order valence-corrected chi connectivity index (χ0v) is 14.4. The van der Waals surface area contributed by atoms with Crippen LogP contribution < -0.4 is 5.32 Å². The first-order chi connectivity index (χ1) is 12.2. The fraction of sp³-hybridized carbons (Fsp3) is 0.350. The minimum absolute atomic E-state index is 0.122. The van der Waals surface area contributed by atoms with E-state index >= 15 is 0 Å². The number of aliphatic carboxylic acids is 1. The van der Waals surface area contributed by atoms with Crippen LogP contribution in [0.25, 0.3) is 5.76 Å². The molecule has 5 nitrogen and oxygen atoms in total.